The zero-order valence-electron chi connectivity index (χ0n) is 11.9. The quantitative estimate of drug-likeness (QED) is 0.927. The number of anilines is 1. The van der Waals surface area contributed by atoms with Gasteiger partial charge in [-0.25, -0.2) is 4.98 Å². The first-order chi connectivity index (χ1) is 9.62. The van der Waals surface area contributed by atoms with Crippen LogP contribution in [0.1, 0.15) is 23.7 Å². The summed E-state index contributed by atoms with van der Waals surface area (Å²) in [6.07, 6.45) is 0.801. The molecule has 0 spiro atoms. The molecule has 2 aromatic rings. The van der Waals surface area contributed by atoms with Crippen LogP contribution in [0.25, 0.3) is 11.1 Å². The van der Waals surface area contributed by atoms with E-state index in [0.717, 1.165) is 34.6 Å². The highest BCUT2D eigenvalue weighted by molar-refractivity contribution is 5.79. The largest absolute Gasteiger partial charge is 0.497 e. The van der Waals surface area contributed by atoms with E-state index in [-0.39, 0.29) is 5.82 Å². The van der Waals surface area contributed by atoms with Gasteiger partial charge in [-0.15, -0.1) is 0 Å². The van der Waals surface area contributed by atoms with E-state index in [4.69, 9.17) is 10.5 Å². The molecule has 0 bridgehead atoms. The fourth-order valence-electron chi connectivity index (χ4n) is 2.39. The Bertz CT molecular complexity index is 670. The Kier molecular flexibility index (Phi) is 3.90. The molecule has 2 N–H and O–H groups in total. The number of nitrogen functional groups attached to an aromatic ring is 1. The summed E-state index contributed by atoms with van der Waals surface area (Å²) in [6.45, 7) is 3.97. The molecule has 1 heterocycles. The van der Waals surface area contributed by atoms with Crippen molar-refractivity contribution in [3.05, 3.63) is 41.1 Å². The molecule has 0 radical (unpaired) electrons. The van der Waals surface area contributed by atoms with E-state index >= 15 is 0 Å². The number of hydrogen-bond donors (Lipinski definition) is 1. The van der Waals surface area contributed by atoms with E-state index in [1.54, 1.807) is 7.11 Å². The topological polar surface area (TPSA) is 71.9 Å². The van der Waals surface area contributed by atoms with Crippen molar-refractivity contribution in [2.75, 3.05) is 12.8 Å². The lowest BCUT2D eigenvalue weighted by Gasteiger charge is -2.14. The smallest absolute Gasteiger partial charge is 0.142 e. The zero-order chi connectivity index (χ0) is 14.7. The number of methoxy groups -OCH3 is 1. The van der Waals surface area contributed by atoms with Gasteiger partial charge in [-0.05, 0) is 36.6 Å². The molecule has 0 unspecified atom stereocenters. The van der Waals surface area contributed by atoms with Crippen LogP contribution < -0.4 is 10.5 Å². The molecule has 1 aromatic carbocycles. The van der Waals surface area contributed by atoms with E-state index < -0.39 is 0 Å². The number of aryl methyl sites for hydroxylation is 1. The van der Waals surface area contributed by atoms with Gasteiger partial charge >= 0.3 is 0 Å². The number of nitrogens with two attached hydrogens (primary N) is 1. The molecular formula is C16H17N3O. The van der Waals surface area contributed by atoms with Gasteiger partial charge in [0.05, 0.1) is 7.11 Å². The van der Waals surface area contributed by atoms with Crippen molar-refractivity contribution in [3.63, 3.8) is 0 Å². The van der Waals surface area contributed by atoms with Crippen molar-refractivity contribution < 1.29 is 4.74 Å². The van der Waals surface area contributed by atoms with Gasteiger partial charge in [0.15, 0.2) is 0 Å². The number of nitriles is 1. The molecule has 0 aliphatic carbocycles. The minimum Gasteiger partial charge on any atom is -0.497 e. The maximum absolute atomic E-state index is 9.38. The highest BCUT2D eigenvalue weighted by Crippen LogP contribution is 2.33. The van der Waals surface area contributed by atoms with Crippen molar-refractivity contribution in [3.8, 4) is 22.9 Å². The van der Waals surface area contributed by atoms with E-state index in [0.29, 0.717) is 5.56 Å². The molecule has 2 rings (SSSR count). The van der Waals surface area contributed by atoms with Crippen LogP contribution in [-0.4, -0.2) is 12.1 Å². The zero-order valence-corrected chi connectivity index (χ0v) is 11.9. The van der Waals surface area contributed by atoms with Crippen LogP contribution in [0, 0.1) is 18.3 Å². The number of nitrogens with zero attached hydrogens (tertiary/aromatic N) is 2. The molecule has 102 valence electrons. The van der Waals surface area contributed by atoms with Crippen LogP contribution in [0.2, 0.25) is 0 Å². The van der Waals surface area contributed by atoms with Crippen LogP contribution in [0.5, 0.6) is 5.75 Å². The second kappa shape index (κ2) is 5.62. The molecule has 4 heteroatoms. The fourth-order valence-corrected chi connectivity index (χ4v) is 2.39. The highest BCUT2D eigenvalue weighted by atomic mass is 16.5. The first-order valence-electron chi connectivity index (χ1n) is 6.45. The molecule has 4 nitrogen and oxygen atoms in total. The fraction of sp³-hybridized carbons (Fsp3) is 0.250. The second-order valence-corrected chi connectivity index (χ2v) is 4.50. The Morgan fingerprint density at radius 1 is 1.30 bits per heavy atom. The van der Waals surface area contributed by atoms with Gasteiger partial charge in [0.1, 0.15) is 23.2 Å². The molecule has 20 heavy (non-hydrogen) atoms. The predicted octanol–water partition coefficient (Wildman–Crippen LogP) is 3.08. The van der Waals surface area contributed by atoms with Crippen LogP contribution in [0.15, 0.2) is 24.3 Å². The monoisotopic (exact) mass is 267 g/mol. The van der Waals surface area contributed by atoms with Gasteiger partial charge in [0.2, 0.25) is 0 Å². The molecule has 0 amide bonds. The average Bonchev–Trinajstić information content (AvgIpc) is 2.46. The number of rotatable bonds is 3. The molecular weight excluding hydrogens is 250 g/mol. The molecule has 0 aliphatic rings. The lowest BCUT2D eigenvalue weighted by atomic mass is 9.93. The first kappa shape index (κ1) is 13.9. The van der Waals surface area contributed by atoms with Crippen LogP contribution >= 0.6 is 0 Å². The number of benzene rings is 1. The minimum absolute atomic E-state index is 0.285. The maximum atomic E-state index is 9.38. The Morgan fingerprint density at radius 3 is 2.45 bits per heavy atom. The lowest BCUT2D eigenvalue weighted by molar-refractivity contribution is 0.415. The molecule has 0 aliphatic heterocycles. The second-order valence-electron chi connectivity index (χ2n) is 4.50. The van der Waals surface area contributed by atoms with Crippen molar-refractivity contribution in [2.24, 2.45) is 0 Å². The highest BCUT2D eigenvalue weighted by Gasteiger charge is 2.16. The van der Waals surface area contributed by atoms with Crippen molar-refractivity contribution in [2.45, 2.75) is 20.3 Å². The Labute approximate surface area is 118 Å². The van der Waals surface area contributed by atoms with Crippen LogP contribution in [0.3, 0.4) is 0 Å². The van der Waals surface area contributed by atoms with Crippen LogP contribution in [-0.2, 0) is 6.42 Å². The summed E-state index contributed by atoms with van der Waals surface area (Å²) in [4.78, 5) is 4.27. The third-order valence-corrected chi connectivity index (χ3v) is 3.38. The minimum atomic E-state index is 0.285. The molecule has 0 fully saturated rings. The van der Waals surface area contributed by atoms with Gasteiger partial charge < -0.3 is 10.5 Å². The average molecular weight is 267 g/mol. The summed E-state index contributed by atoms with van der Waals surface area (Å²) in [6, 6.07) is 9.80. The van der Waals surface area contributed by atoms with Crippen LogP contribution in [0.4, 0.5) is 5.82 Å². The van der Waals surface area contributed by atoms with Gasteiger partial charge in [0, 0.05) is 11.3 Å². The standard InChI is InChI=1S/C16H17N3O/c1-4-13-10(2)19-16(18)14(9-17)15(13)11-5-7-12(20-3)8-6-11/h5-8H,4H2,1-3H3,(H2,18,19). The summed E-state index contributed by atoms with van der Waals surface area (Å²) in [5, 5.41) is 9.38. The normalized spacial score (nSPS) is 10.1. The molecule has 0 atom stereocenters. The third-order valence-electron chi connectivity index (χ3n) is 3.38. The third kappa shape index (κ3) is 2.30. The summed E-state index contributed by atoms with van der Waals surface area (Å²) in [7, 11) is 1.63. The van der Waals surface area contributed by atoms with Gasteiger partial charge in [-0.3, -0.25) is 0 Å². The summed E-state index contributed by atoms with van der Waals surface area (Å²) in [5.41, 5.74) is 10.1. The van der Waals surface area contributed by atoms with Gasteiger partial charge in [0.25, 0.3) is 0 Å². The number of ether oxygens (including phenoxy) is 1. The van der Waals surface area contributed by atoms with Gasteiger partial charge in [-0.2, -0.15) is 5.26 Å². The Hall–Kier alpha value is -2.54. The van der Waals surface area contributed by atoms with Gasteiger partial charge in [-0.1, -0.05) is 19.1 Å². The Balaban J connectivity index is 2.73. The number of hydrogen-bond acceptors (Lipinski definition) is 4. The molecule has 0 saturated heterocycles. The van der Waals surface area contributed by atoms with E-state index in [2.05, 4.69) is 11.1 Å². The predicted molar refractivity (Wildman–Crippen MR) is 79.5 cm³/mol. The van der Waals surface area contributed by atoms with Crippen molar-refractivity contribution >= 4 is 5.82 Å². The van der Waals surface area contributed by atoms with E-state index in [1.807, 2.05) is 38.1 Å². The number of pyridine rings is 1. The SMILES string of the molecule is CCc1c(C)nc(N)c(C#N)c1-c1ccc(OC)cc1. The molecule has 1 aromatic heterocycles. The lowest BCUT2D eigenvalue weighted by Crippen LogP contribution is -2.04. The van der Waals surface area contributed by atoms with E-state index in [1.165, 1.54) is 0 Å². The van der Waals surface area contributed by atoms with Crippen molar-refractivity contribution in [1.29, 1.82) is 5.26 Å². The van der Waals surface area contributed by atoms with E-state index in [9.17, 15) is 5.26 Å². The summed E-state index contributed by atoms with van der Waals surface area (Å²) >= 11 is 0. The summed E-state index contributed by atoms with van der Waals surface area (Å²) < 4.78 is 5.16. The number of aromatic nitrogens is 1. The summed E-state index contributed by atoms with van der Waals surface area (Å²) in [5.74, 6) is 1.07. The Morgan fingerprint density at radius 2 is 1.95 bits per heavy atom. The van der Waals surface area contributed by atoms with Crippen molar-refractivity contribution in [1.82, 2.24) is 4.98 Å². The first-order valence-corrected chi connectivity index (χ1v) is 6.45. The molecule has 0 saturated carbocycles. The maximum Gasteiger partial charge on any atom is 0.142 e.